The minimum absolute atomic E-state index is 0.0280. The van der Waals surface area contributed by atoms with Gasteiger partial charge >= 0.3 is 0 Å². The molecule has 12 heteroatoms. The van der Waals surface area contributed by atoms with Gasteiger partial charge in [0.2, 0.25) is 11.6 Å². The van der Waals surface area contributed by atoms with Crippen LogP contribution in [-0.2, 0) is 0 Å². The Hall–Kier alpha value is -5.26. The Bertz CT molecular complexity index is 1640. The predicted molar refractivity (Wildman–Crippen MR) is 136 cm³/mol. The van der Waals surface area contributed by atoms with Crippen LogP contribution < -0.4 is 15.9 Å². The van der Waals surface area contributed by atoms with E-state index < -0.39 is 5.91 Å². The summed E-state index contributed by atoms with van der Waals surface area (Å²) in [5.41, 5.74) is 10.0. The summed E-state index contributed by atoms with van der Waals surface area (Å²) in [6, 6.07) is 18.1. The monoisotopic (exact) mass is 498 g/mol. The highest BCUT2D eigenvalue weighted by atomic mass is 16.6. The van der Waals surface area contributed by atoms with Crippen LogP contribution in [0.15, 0.2) is 70.4 Å². The van der Waals surface area contributed by atoms with E-state index in [1.165, 1.54) is 4.68 Å². The third-order valence-electron chi connectivity index (χ3n) is 5.62. The molecule has 0 bridgehead atoms. The van der Waals surface area contributed by atoms with Gasteiger partial charge < -0.3 is 15.6 Å². The lowest BCUT2D eigenvalue weighted by atomic mass is 10.0. The van der Waals surface area contributed by atoms with Crippen LogP contribution in [0.4, 0.5) is 5.82 Å². The van der Waals surface area contributed by atoms with Crippen molar-refractivity contribution < 1.29 is 19.3 Å². The van der Waals surface area contributed by atoms with Crippen molar-refractivity contribution in [2.45, 2.75) is 13.8 Å². The van der Waals surface area contributed by atoms with E-state index >= 15 is 0 Å². The number of aromatic hydroxyl groups is 1. The van der Waals surface area contributed by atoms with E-state index in [2.05, 4.69) is 31.2 Å². The number of rotatable bonds is 7. The van der Waals surface area contributed by atoms with Gasteiger partial charge in [-0.25, -0.2) is 10.1 Å². The van der Waals surface area contributed by atoms with Crippen LogP contribution in [0, 0.1) is 0 Å². The van der Waals surface area contributed by atoms with Crippen LogP contribution in [0.1, 0.15) is 29.9 Å². The topological polar surface area (TPSA) is 167 Å². The van der Waals surface area contributed by atoms with Crippen LogP contribution in [0.3, 0.4) is 0 Å². The number of nitrogens with one attached hydrogen (secondary N) is 1. The molecule has 0 aliphatic carbocycles. The molecular weight excluding hydrogens is 476 g/mol. The highest BCUT2D eigenvalue weighted by Gasteiger charge is 2.25. The van der Waals surface area contributed by atoms with E-state index in [1.807, 2.05) is 37.3 Å². The Labute approximate surface area is 210 Å². The normalized spacial score (nSPS) is 11.6. The largest absolute Gasteiger partial charge is 0.507 e. The zero-order chi connectivity index (χ0) is 25.9. The summed E-state index contributed by atoms with van der Waals surface area (Å²) in [5.74, 6) is 0.0644. The van der Waals surface area contributed by atoms with Gasteiger partial charge in [0.25, 0.3) is 5.91 Å². The second-order valence-corrected chi connectivity index (χ2v) is 7.95. The van der Waals surface area contributed by atoms with E-state index in [9.17, 15) is 9.90 Å². The number of anilines is 1. The molecule has 0 atom stereocenters. The van der Waals surface area contributed by atoms with Crippen molar-refractivity contribution in [1.82, 2.24) is 30.7 Å². The van der Waals surface area contributed by atoms with Gasteiger partial charge in [-0.15, -0.1) is 5.10 Å². The van der Waals surface area contributed by atoms with Crippen molar-refractivity contribution in [1.29, 1.82) is 0 Å². The summed E-state index contributed by atoms with van der Waals surface area (Å²) in [7, 11) is 0. The van der Waals surface area contributed by atoms with Crippen LogP contribution in [0.5, 0.6) is 11.5 Å². The van der Waals surface area contributed by atoms with Gasteiger partial charge in [0.05, 0.1) is 12.3 Å². The Morgan fingerprint density at radius 2 is 2.00 bits per heavy atom. The van der Waals surface area contributed by atoms with Crippen LogP contribution >= 0.6 is 0 Å². The molecule has 0 aliphatic rings. The van der Waals surface area contributed by atoms with Gasteiger partial charge in [-0.05, 0) is 47.7 Å². The Morgan fingerprint density at radius 1 is 1.16 bits per heavy atom. The lowest BCUT2D eigenvalue weighted by Crippen LogP contribution is -2.21. The quantitative estimate of drug-likeness (QED) is 0.225. The first kappa shape index (κ1) is 23.5. The molecule has 0 unspecified atom stereocenters. The second kappa shape index (κ2) is 9.77. The summed E-state index contributed by atoms with van der Waals surface area (Å²) in [6.45, 7) is 4.01. The number of hydrazone groups is 1. The molecule has 0 saturated carbocycles. The molecule has 2 aromatic heterocycles. The third kappa shape index (κ3) is 4.43. The highest BCUT2D eigenvalue weighted by Crippen LogP contribution is 2.30. The van der Waals surface area contributed by atoms with Gasteiger partial charge in [0.1, 0.15) is 17.2 Å². The van der Waals surface area contributed by atoms with Gasteiger partial charge in [-0.3, -0.25) is 4.79 Å². The van der Waals surface area contributed by atoms with Gasteiger partial charge in [-0.2, -0.15) is 9.78 Å². The number of hydrogen-bond donors (Lipinski definition) is 3. The number of carbonyl (C=O) groups excluding carboxylic acids is 1. The van der Waals surface area contributed by atoms with Gasteiger partial charge in [-0.1, -0.05) is 47.7 Å². The molecule has 3 aromatic carbocycles. The fraction of sp³-hybridized carbons (Fsp3) is 0.120. The van der Waals surface area contributed by atoms with Crippen molar-refractivity contribution in [3.63, 3.8) is 0 Å². The van der Waals surface area contributed by atoms with Crippen molar-refractivity contribution in [2.24, 2.45) is 5.10 Å². The molecule has 2 heterocycles. The molecule has 186 valence electrons. The fourth-order valence-corrected chi connectivity index (χ4v) is 3.87. The molecule has 1 amide bonds. The van der Waals surface area contributed by atoms with E-state index in [4.69, 9.17) is 15.1 Å². The molecule has 0 spiro atoms. The standard InChI is InChI=1S/C25H22N8O4/c1-3-36-17-9-6-8-16(13-17)21-20(28-32-33(21)24-23(26)30-37-31-24)25(35)29-27-14(2)18-12-11-15-7-4-5-10-19(15)22(18)34/h4-13,34H,3H2,1-2H3,(H2,26,30)(H,29,35)/b27-14-. The number of aromatic nitrogens is 5. The molecule has 12 nitrogen and oxygen atoms in total. The molecule has 0 fully saturated rings. The van der Waals surface area contributed by atoms with Crippen molar-refractivity contribution in [3.05, 3.63) is 71.9 Å². The molecule has 5 aromatic rings. The van der Waals surface area contributed by atoms with Gasteiger partial charge in [0, 0.05) is 16.5 Å². The van der Waals surface area contributed by atoms with E-state index in [-0.39, 0.29) is 28.8 Å². The molecule has 0 radical (unpaired) electrons. The lowest BCUT2D eigenvalue weighted by molar-refractivity contribution is 0.0950. The molecular formula is C25H22N8O4. The lowest BCUT2D eigenvalue weighted by Gasteiger charge is -2.09. The maximum atomic E-state index is 13.2. The minimum atomic E-state index is -0.641. The summed E-state index contributed by atoms with van der Waals surface area (Å²) in [4.78, 5) is 13.2. The van der Waals surface area contributed by atoms with Crippen molar-refractivity contribution in [2.75, 3.05) is 12.3 Å². The Morgan fingerprint density at radius 3 is 2.78 bits per heavy atom. The van der Waals surface area contributed by atoms with E-state index in [1.54, 1.807) is 37.3 Å². The van der Waals surface area contributed by atoms with E-state index in [0.717, 1.165) is 5.39 Å². The number of nitrogens with zero attached hydrogens (tertiary/aromatic N) is 6. The van der Waals surface area contributed by atoms with E-state index in [0.29, 0.717) is 34.6 Å². The smallest absolute Gasteiger partial charge is 0.294 e. The third-order valence-corrected chi connectivity index (χ3v) is 5.62. The molecule has 5 rings (SSSR count). The number of carbonyl (C=O) groups is 1. The second-order valence-electron chi connectivity index (χ2n) is 7.95. The maximum absolute atomic E-state index is 13.2. The summed E-state index contributed by atoms with van der Waals surface area (Å²) in [6.07, 6.45) is 0. The average molecular weight is 499 g/mol. The number of nitrogen functional groups attached to an aromatic ring is 1. The first-order chi connectivity index (χ1) is 18.0. The Kier molecular flexibility index (Phi) is 6.20. The molecule has 0 aliphatic heterocycles. The van der Waals surface area contributed by atoms with Crippen LogP contribution in [0.25, 0.3) is 27.8 Å². The number of phenols is 1. The maximum Gasteiger partial charge on any atom is 0.294 e. The number of fused-ring (bicyclic) bond motifs is 1. The van der Waals surface area contributed by atoms with Crippen molar-refractivity contribution in [3.8, 4) is 28.6 Å². The first-order valence-electron chi connectivity index (χ1n) is 11.3. The number of phenolic OH excluding ortho intramolecular Hbond substituents is 1. The summed E-state index contributed by atoms with van der Waals surface area (Å²) >= 11 is 0. The number of nitrogens with two attached hydrogens (primary N) is 1. The van der Waals surface area contributed by atoms with Crippen molar-refractivity contribution >= 4 is 28.2 Å². The first-order valence-corrected chi connectivity index (χ1v) is 11.3. The number of ether oxygens (including phenoxy) is 1. The number of benzene rings is 3. The zero-order valence-electron chi connectivity index (χ0n) is 19.9. The Balaban J connectivity index is 1.52. The predicted octanol–water partition coefficient (Wildman–Crippen LogP) is 3.31. The molecule has 4 N–H and O–H groups in total. The SMILES string of the molecule is CCOc1cccc(-c2c(C(=O)N/N=C(/C)c3ccc4ccccc4c3O)nnn2-c2nonc2N)c1. The zero-order valence-corrected chi connectivity index (χ0v) is 19.9. The highest BCUT2D eigenvalue weighted by molar-refractivity contribution is 6.07. The average Bonchev–Trinajstić information content (AvgIpc) is 3.54. The van der Waals surface area contributed by atoms with Crippen LogP contribution in [-0.4, -0.2) is 48.6 Å². The minimum Gasteiger partial charge on any atom is -0.507 e. The summed E-state index contributed by atoms with van der Waals surface area (Å²) in [5, 5.41) is 32.0. The van der Waals surface area contributed by atoms with Crippen LogP contribution in [0.2, 0.25) is 0 Å². The summed E-state index contributed by atoms with van der Waals surface area (Å²) < 4.78 is 11.6. The van der Waals surface area contributed by atoms with Gasteiger partial charge in [0.15, 0.2) is 5.69 Å². The molecule has 37 heavy (non-hydrogen) atoms. The number of amides is 1. The fourth-order valence-electron chi connectivity index (χ4n) is 3.87. The molecule has 0 saturated heterocycles. The number of hydrogen-bond acceptors (Lipinski definition) is 10.